The summed E-state index contributed by atoms with van der Waals surface area (Å²) in [5, 5.41) is 1.25. The number of hydrogen-bond acceptors (Lipinski definition) is 7. The van der Waals surface area contributed by atoms with E-state index in [-0.39, 0.29) is 30.3 Å². The molecule has 2 aliphatic heterocycles. The van der Waals surface area contributed by atoms with E-state index in [1.165, 1.54) is 43.8 Å². The second kappa shape index (κ2) is 10.5. The molecule has 2 heterocycles. The molecule has 166 valence electrons. The predicted molar refractivity (Wildman–Crippen MR) is 126 cm³/mol. The van der Waals surface area contributed by atoms with Crippen molar-refractivity contribution in [2.75, 3.05) is 30.3 Å². The Bertz CT molecular complexity index is 869. The highest BCUT2D eigenvalue weighted by Gasteiger charge is 2.47. The first kappa shape index (κ1) is 26.3. The third-order valence-corrected chi connectivity index (χ3v) is 12.7. The zero-order valence-electron chi connectivity index (χ0n) is 17.4. The third-order valence-electron chi connectivity index (χ3n) is 5.42. The fraction of sp³-hybridized carbons (Fsp3) is 0.632. The van der Waals surface area contributed by atoms with Crippen LogP contribution in [0.2, 0.25) is 0 Å². The van der Waals surface area contributed by atoms with E-state index in [9.17, 15) is 16.8 Å². The normalized spacial score (nSPS) is 19.0. The molecule has 0 aromatic heterocycles. The van der Waals surface area contributed by atoms with Crippen molar-refractivity contribution in [3.05, 3.63) is 35.9 Å². The molecule has 1 aromatic rings. The molecule has 6 nitrogen and oxygen atoms in total. The monoisotopic (exact) mass is 482 g/mol. The summed E-state index contributed by atoms with van der Waals surface area (Å²) in [5.74, 6) is 0.924. The van der Waals surface area contributed by atoms with Crippen LogP contribution in [0.25, 0.3) is 0 Å². The molecule has 2 aliphatic rings. The minimum Gasteiger partial charge on any atom is -0.348 e. The molecule has 0 aliphatic carbocycles. The Morgan fingerprint density at radius 1 is 1.07 bits per heavy atom. The van der Waals surface area contributed by atoms with Crippen LogP contribution in [0.15, 0.2) is 35.3 Å². The zero-order valence-corrected chi connectivity index (χ0v) is 20.6. The van der Waals surface area contributed by atoms with E-state index in [1.807, 2.05) is 11.8 Å². The third kappa shape index (κ3) is 5.48. The summed E-state index contributed by atoms with van der Waals surface area (Å²) in [6, 6.07) is 10.9. The van der Waals surface area contributed by atoms with Gasteiger partial charge in [-0.3, -0.25) is 4.99 Å². The van der Waals surface area contributed by atoms with Gasteiger partial charge in [0.05, 0.1) is 6.04 Å². The highest BCUT2D eigenvalue weighted by molar-refractivity contribution is 8.14. The highest BCUT2D eigenvalue weighted by Crippen LogP contribution is 2.32. The van der Waals surface area contributed by atoms with E-state index < -0.39 is 23.8 Å². The number of thioether (sulfide) groups is 1. The van der Waals surface area contributed by atoms with Gasteiger partial charge in [0.15, 0.2) is 28.9 Å². The average Bonchev–Trinajstić information content (AvgIpc) is 3.30. The molecule has 0 amide bonds. The van der Waals surface area contributed by atoms with E-state index in [1.54, 1.807) is 6.92 Å². The van der Waals surface area contributed by atoms with Crippen LogP contribution in [0.4, 0.5) is 0 Å². The van der Waals surface area contributed by atoms with Crippen LogP contribution in [0.3, 0.4) is 0 Å². The maximum absolute atomic E-state index is 11.7. The van der Waals surface area contributed by atoms with Gasteiger partial charge in [-0.2, -0.15) is 0 Å². The maximum atomic E-state index is 11.7. The lowest BCUT2D eigenvalue weighted by molar-refractivity contribution is 0.464. The first-order valence-electron chi connectivity index (χ1n) is 9.57. The molecule has 1 saturated heterocycles. The molecule has 0 spiro atoms. The van der Waals surface area contributed by atoms with Crippen molar-refractivity contribution in [2.24, 2.45) is 4.99 Å². The number of aliphatic imine (C=N–C) groups is 1. The predicted octanol–water partition coefficient (Wildman–Crippen LogP) is 3.55. The Hall–Kier alpha value is -0.770. The van der Waals surface area contributed by atoms with Gasteiger partial charge in [-0.05, 0) is 18.9 Å². The number of sulfone groups is 2. The van der Waals surface area contributed by atoms with Crippen LogP contribution in [0, 0.1) is 0 Å². The van der Waals surface area contributed by atoms with E-state index >= 15 is 0 Å². The molecule has 0 bridgehead atoms. The van der Waals surface area contributed by atoms with E-state index in [0.29, 0.717) is 6.04 Å². The molecular formula is C19H31ClN2O4S3. The standard InChI is InChI=1S/C11H12N2S.C8H18O4S2.ClH/c1-2-4-9(5-3-1)10-8-13-6-7-14-11(13)12-10;1-5-8(4,13(9,10)6-2)14(11,12)7-3;/h1-5,10H,6-8H2;5-7H2,1-4H3;1H. The molecular weight excluding hydrogens is 452 g/mol. The minimum atomic E-state index is -3.57. The van der Waals surface area contributed by atoms with Crippen molar-refractivity contribution >= 4 is 49.0 Å². The van der Waals surface area contributed by atoms with Crippen LogP contribution in [-0.2, 0) is 19.7 Å². The van der Waals surface area contributed by atoms with Gasteiger partial charge in [-0.25, -0.2) is 16.8 Å². The summed E-state index contributed by atoms with van der Waals surface area (Å²) in [4.78, 5) is 7.12. The van der Waals surface area contributed by atoms with Gasteiger partial charge in [0.2, 0.25) is 0 Å². The summed E-state index contributed by atoms with van der Waals surface area (Å²) in [6.45, 7) is 8.06. The van der Waals surface area contributed by atoms with Crippen molar-refractivity contribution in [3.8, 4) is 0 Å². The van der Waals surface area contributed by atoms with Crippen LogP contribution in [0.1, 0.15) is 45.7 Å². The summed E-state index contributed by atoms with van der Waals surface area (Å²) in [6.07, 6.45) is 0.0966. The number of hydrogen-bond donors (Lipinski definition) is 0. The molecule has 10 heteroatoms. The fourth-order valence-electron chi connectivity index (χ4n) is 3.20. The second-order valence-corrected chi connectivity index (χ2v) is 13.7. The van der Waals surface area contributed by atoms with Crippen LogP contribution >= 0.6 is 24.2 Å². The van der Waals surface area contributed by atoms with Crippen molar-refractivity contribution in [1.29, 1.82) is 0 Å². The van der Waals surface area contributed by atoms with Gasteiger partial charge >= 0.3 is 0 Å². The topological polar surface area (TPSA) is 83.9 Å². The Balaban J connectivity index is 0.000000280. The lowest BCUT2D eigenvalue weighted by Crippen LogP contribution is -2.44. The molecule has 1 unspecified atom stereocenters. The quantitative estimate of drug-likeness (QED) is 0.616. The Labute approximate surface area is 185 Å². The molecule has 29 heavy (non-hydrogen) atoms. The largest absolute Gasteiger partial charge is 0.348 e. The SMILES string of the molecule is CCC(C)(S(=O)(=O)CC)S(=O)(=O)CC.Cl.c1ccc(C2CN3CCSC3=N2)cc1. The number of halogens is 1. The van der Waals surface area contributed by atoms with Crippen molar-refractivity contribution < 1.29 is 16.8 Å². The number of benzene rings is 1. The van der Waals surface area contributed by atoms with Gasteiger partial charge in [0, 0.05) is 30.3 Å². The first-order chi connectivity index (χ1) is 13.1. The highest BCUT2D eigenvalue weighted by atomic mass is 35.5. The lowest BCUT2D eigenvalue weighted by atomic mass is 10.1. The minimum absolute atomic E-state index is 0. The molecule has 0 saturated carbocycles. The van der Waals surface area contributed by atoms with Crippen molar-refractivity contribution in [3.63, 3.8) is 0 Å². The van der Waals surface area contributed by atoms with Gasteiger partial charge in [-0.15, -0.1) is 12.4 Å². The van der Waals surface area contributed by atoms with Crippen LogP contribution < -0.4 is 0 Å². The smallest absolute Gasteiger partial charge is 0.170 e. The number of fused-ring (bicyclic) bond motifs is 1. The van der Waals surface area contributed by atoms with E-state index in [2.05, 4.69) is 35.2 Å². The van der Waals surface area contributed by atoms with Gasteiger partial charge in [0.25, 0.3) is 0 Å². The number of nitrogens with zero attached hydrogens (tertiary/aromatic N) is 2. The molecule has 1 aromatic carbocycles. The summed E-state index contributed by atoms with van der Waals surface area (Å²) < 4.78 is 45.1. The Kier molecular flexibility index (Phi) is 9.51. The fourth-order valence-corrected chi connectivity index (χ4v) is 8.60. The Morgan fingerprint density at radius 2 is 1.62 bits per heavy atom. The van der Waals surface area contributed by atoms with Crippen molar-refractivity contribution in [1.82, 2.24) is 4.90 Å². The number of rotatable bonds is 6. The summed E-state index contributed by atoms with van der Waals surface area (Å²) >= 11 is 1.89. The number of amidine groups is 1. The molecule has 0 radical (unpaired) electrons. The molecule has 0 N–H and O–H groups in total. The van der Waals surface area contributed by atoms with E-state index in [4.69, 9.17) is 4.99 Å². The van der Waals surface area contributed by atoms with Crippen LogP contribution in [-0.4, -0.2) is 61.3 Å². The Morgan fingerprint density at radius 3 is 2.07 bits per heavy atom. The first-order valence-corrected chi connectivity index (χ1v) is 13.9. The molecule has 1 atom stereocenters. The second-order valence-electron chi connectivity index (χ2n) is 6.93. The molecule has 1 fully saturated rings. The summed E-state index contributed by atoms with van der Waals surface area (Å²) in [7, 11) is -7.14. The lowest BCUT2D eigenvalue weighted by Gasteiger charge is -2.26. The van der Waals surface area contributed by atoms with Crippen molar-refractivity contribution in [2.45, 2.75) is 44.2 Å². The van der Waals surface area contributed by atoms with E-state index in [0.717, 1.165) is 6.54 Å². The van der Waals surface area contributed by atoms with Crippen LogP contribution in [0.5, 0.6) is 0 Å². The maximum Gasteiger partial charge on any atom is 0.170 e. The summed E-state index contributed by atoms with van der Waals surface area (Å²) in [5.41, 5.74) is 1.34. The molecule has 3 rings (SSSR count). The zero-order chi connectivity index (χ0) is 21.0. The van der Waals surface area contributed by atoms with Gasteiger partial charge in [0.1, 0.15) is 0 Å². The van der Waals surface area contributed by atoms with Gasteiger partial charge < -0.3 is 4.90 Å². The average molecular weight is 483 g/mol. The van der Waals surface area contributed by atoms with Gasteiger partial charge in [-0.1, -0.05) is 62.9 Å².